The van der Waals surface area contributed by atoms with Gasteiger partial charge in [-0.2, -0.15) is 0 Å². The third-order valence-corrected chi connectivity index (χ3v) is 5.80. The first-order valence-corrected chi connectivity index (χ1v) is 10.9. The fourth-order valence-corrected chi connectivity index (χ4v) is 3.94. The molecule has 0 saturated carbocycles. The van der Waals surface area contributed by atoms with Crippen molar-refractivity contribution in [1.29, 1.82) is 0 Å². The number of carbonyl (C=O) groups is 2. The van der Waals surface area contributed by atoms with Crippen LogP contribution in [0.2, 0.25) is 0 Å². The minimum Gasteiger partial charge on any atom is -0.496 e. The minimum absolute atomic E-state index is 0.110. The summed E-state index contributed by atoms with van der Waals surface area (Å²) in [5.74, 6) is 1.24. The maximum absolute atomic E-state index is 12.7. The number of para-hydroxylation sites is 1. The van der Waals surface area contributed by atoms with Crippen molar-refractivity contribution in [3.05, 3.63) is 77.4 Å². The molecule has 0 atom stereocenters. The van der Waals surface area contributed by atoms with Gasteiger partial charge in [0, 0.05) is 49.7 Å². The van der Waals surface area contributed by atoms with Crippen LogP contribution in [0.4, 0.5) is 0 Å². The summed E-state index contributed by atoms with van der Waals surface area (Å²) in [6, 6.07) is 7.56. The predicted molar refractivity (Wildman–Crippen MR) is 121 cm³/mol. The molecule has 0 aliphatic carbocycles. The number of hydrogen-bond acceptors (Lipinski definition) is 7. The topological polar surface area (TPSA) is 110 Å². The third-order valence-electron chi connectivity index (χ3n) is 5.80. The zero-order valence-corrected chi connectivity index (χ0v) is 18.7. The Kier molecular flexibility index (Phi) is 6.87. The molecule has 170 valence electrons. The molecule has 1 aliphatic heterocycles. The number of rotatable bonds is 6. The maximum Gasteiger partial charge on any atom is 0.274 e. The largest absolute Gasteiger partial charge is 0.496 e. The molecule has 0 bridgehead atoms. The molecule has 1 aromatic carbocycles. The predicted octanol–water partition coefficient (Wildman–Crippen LogP) is 2.53. The van der Waals surface area contributed by atoms with Crippen LogP contribution in [0, 0.1) is 6.92 Å². The summed E-state index contributed by atoms with van der Waals surface area (Å²) >= 11 is 0. The first-order chi connectivity index (χ1) is 16.1. The standard InChI is InChI=1S/C24H26N6O3/c1-16-19(23(31)28-13-18-5-3-4-6-21(18)33-2)14-27-22(29-16)17-7-11-30(12-8-17)24(32)20-15-25-9-10-26-20/h3-6,9-10,14-15,17H,7-8,11-13H2,1-2H3,(H,28,31). The molecule has 2 amide bonds. The van der Waals surface area contributed by atoms with Crippen LogP contribution in [-0.2, 0) is 6.54 Å². The summed E-state index contributed by atoms with van der Waals surface area (Å²) in [6.07, 6.45) is 7.65. The fraction of sp³-hybridized carbons (Fsp3) is 0.333. The summed E-state index contributed by atoms with van der Waals surface area (Å²) < 4.78 is 5.33. The molecule has 3 heterocycles. The van der Waals surface area contributed by atoms with Gasteiger partial charge >= 0.3 is 0 Å². The highest BCUT2D eigenvalue weighted by atomic mass is 16.5. The van der Waals surface area contributed by atoms with Crippen molar-refractivity contribution in [2.45, 2.75) is 32.2 Å². The number of piperidine rings is 1. The van der Waals surface area contributed by atoms with Gasteiger partial charge in [0.05, 0.1) is 24.6 Å². The molecular weight excluding hydrogens is 420 g/mol. The van der Waals surface area contributed by atoms with E-state index >= 15 is 0 Å². The van der Waals surface area contributed by atoms with Gasteiger partial charge < -0.3 is 15.0 Å². The fourth-order valence-electron chi connectivity index (χ4n) is 3.94. The number of likely N-dealkylation sites (tertiary alicyclic amines) is 1. The van der Waals surface area contributed by atoms with Crippen molar-refractivity contribution in [2.24, 2.45) is 0 Å². The molecule has 1 N–H and O–H groups in total. The molecule has 0 unspecified atom stereocenters. The SMILES string of the molecule is COc1ccccc1CNC(=O)c1cnc(C2CCN(C(=O)c3cnccn3)CC2)nc1C. The summed E-state index contributed by atoms with van der Waals surface area (Å²) in [5.41, 5.74) is 2.33. The first-order valence-electron chi connectivity index (χ1n) is 10.9. The first kappa shape index (κ1) is 22.3. The molecule has 1 fully saturated rings. The quantitative estimate of drug-likeness (QED) is 0.619. The zero-order valence-electron chi connectivity index (χ0n) is 18.7. The van der Waals surface area contributed by atoms with Crippen molar-refractivity contribution in [2.75, 3.05) is 20.2 Å². The number of amides is 2. The monoisotopic (exact) mass is 446 g/mol. The second-order valence-corrected chi connectivity index (χ2v) is 7.88. The Bertz CT molecular complexity index is 1130. The van der Waals surface area contributed by atoms with E-state index in [0.29, 0.717) is 42.4 Å². The Morgan fingerprint density at radius 2 is 1.91 bits per heavy atom. The van der Waals surface area contributed by atoms with Gasteiger partial charge in [-0.05, 0) is 25.8 Å². The second kappa shape index (κ2) is 10.2. The minimum atomic E-state index is -0.227. The van der Waals surface area contributed by atoms with Gasteiger partial charge in [-0.25, -0.2) is 15.0 Å². The van der Waals surface area contributed by atoms with Crippen LogP contribution in [0.25, 0.3) is 0 Å². The van der Waals surface area contributed by atoms with Crippen LogP contribution in [0.3, 0.4) is 0 Å². The highest BCUT2D eigenvalue weighted by Gasteiger charge is 2.27. The Hall–Kier alpha value is -3.88. The van der Waals surface area contributed by atoms with Crippen LogP contribution in [0.1, 0.15) is 56.7 Å². The van der Waals surface area contributed by atoms with Crippen LogP contribution >= 0.6 is 0 Å². The number of carbonyl (C=O) groups excluding carboxylic acids is 2. The number of nitrogens with zero attached hydrogens (tertiary/aromatic N) is 5. The van der Waals surface area contributed by atoms with E-state index in [0.717, 1.165) is 24.2 Å². The molecular formula is C24H26N6O3. The summed E-state index contributed by atoms with van der Waals surface area (Å²) in [7, 11) is 1.60. The molecule has 2 aromatic heterocycles. The number of methoxy groups -OCH3 is 1. The van der Waals surface area contributed by atoms with E-state index in [-0.39, 0.29) is 17.7 Å². The van der Waals surface area contributed by atoms with Gasteiger partial charge in [0.1, 0.15) is 17.3 Å². The van der Waals surface area contributed by atoms with Gasteiger partial charge in [-0.1, -0.05) is 18.2 Å². The molecule has 9 heteroatoms. The number of nitrogens with one attached hydrogen (secondary N) is 1. The zero-order chi connectivity index (χ0) is 23.2. The number of aryl methyl sites for hydroxylation is 1. The molecule has 9 nitrogen and oxygen atoms in total. The van der Waals surface area contributed by atoms with E-state index in [1.807, 2.05) is 31.2 Å². The average molecular weight is 447 g/mol. The van der Waals surface area contributed by atoms with E-state index < -0.39 is 0 Å². The molecule has 33 heavy (non-hydrogen) atoms. The van der Waals surface area contributed by atoms with Gasteiger partial charge in [0.25, 0.3) is 11.8 Å². The van der Waals surface area contributed by atoms with Crippen LogP contribution in [0.15, 0.2) is 49.1 Å². The van der Waals surface area contributed by atoms with Crippen molar-refractivity contribution >= 4 is 11.8 Å². The Morgan fingerprint density at radius 1 is 1.12 bits per heavy atom. The van der Waals surface area contributed by atoms with E-state index in [4.69, 9.17) is 4.74 Å². The maximum atomic E-state index is 12.7. The summed E-state index contributed by atoms with van der Waals surface area (Å²) in [6.45, 7) is 3.37. The molecule has 0 radical (unpaired) electrons. The van der Waals surface area contributed by atoms with E-state index in [2.05, 4.69) is 25.3 Å². The molecule has 0 spiro atoms. The molecule has 4 rings (SSSR count). The number of benzene rings is 1. The highest BCUT2D eigenvalue weighted by Crippen LogP contribution is 2.26. The lowest BCUT2D eigenvalue weighted by Gasteiger charge is -2.31. The van der Waals surface area contributed by atoms with Gasteiger partial charge in [-0.15, -0.1) is 0 Å². The lowest BCUT2D eigenvalue weighted by atomic mass is 9.95. The van der Waals surface area contributed by atoms with Crippen LogP contribution in [0.5, 0.6) is 5.75 Å². The second-order valence-electron chi connectivity index (χ2n) is 7.88. The van der Waals surface area contributed by atoms with E-state index in [1.54, 1.807) is 24.4 Å². The number of hydrogen-bond donors (Lipinski definition) is 1. The third kappa shape index (κ3) is 5.14. The molecule has 1 aliphatic rings. The normalized spacial score (nSPS) is 14.1. The number of aromatic nitrogens is 4. The summed E-state index contributed by atoms with van der Waals surface area (Å²) in [5, 5.41) is 2.91. The lowest BCUT2D eigenvalue weighted by Crippen LogP contribution is -2.38. The average Bonchev–Trinajstić information content (AvgIpc) is 2.87. The molecule has 1 saturated heterocycles. The van der Waals surface area contributed by atoms with Crippen molar-refractivity contribution in [3.8, 4) is 5.75 Å². The smallest absolute Gasteiger partial charge is 0.274 e. The van der Waals surface area contributed by atoms with Gasteiger partial charge in [0.15, 0.2) is 0 Å². The highest BCUT2D eigenvalue weighted by molar-refractivity contribution is 5.94. The van der Waals surface area contributed by atoms with E-state index in [9.17, 15) is 9.59 Å². The Labute approximate surface area is 192 Å². The van der Waals surface area contributed by atoms with Crippen molar-refractivity contribution in [1.82, 2.24) is 30.2 Å². The van der Waals surface area contributed by atoms with Gasteiger partial charge in [0.2, 0.25) is 0 Å². The summed E-state index contributed by atoms with van der Waals surface area (Å²) in [4.78, 5) is 44.2. The Morgan fingerprint density at radius 3 is 2.61 bits per heavy atom. The van der Waals surface area contributed by atoms with Crippen molar-refractivity contribution < 1.29 is 14.3 Å². The van der Waals surface area contributed by atoms with Gasteiger partial charge in [-0.3, -0.25) is 14.6 Å². The van der Waals surface area contributed by atoms with Crippen LogP contribution in [-0.4, -0.2) is 56.8 Å². The molecule has 3 aromatic rings. The lowest BCUT2D eigenvalue weighted by molar-refractivity contribution is 0.0704. The number of ether oxygens (including phenoxy) is 1. The Balaban J connectivity index is 1.36. The van der Waals surface area contributed by atoms with E-state index in [1.165, 1.54) is 12.4 Å². The van der Waals surface area contributed by atoms with Crippen LogP contribution < -0.4 is 10.1 Å². The van der Waals surface area contributed by atoms with Crippen molar-refractivity contribution in [3.63, 3.8) is 0 Å².